The number of carbonyl (C=O) groups is 1. The Bertz CT molecular complexity index is 383. The summed E-state index contributed by atoms with van der Waals surface area (Å²) >= 11 is 23.5. The van der Waals surface area contributed by atoms with E-state index in [0.717, 1.165) is 0 Å². The average Bonchev–Trinajstić information content (AvgIpc) is 2.21. The molecule has 0 aliphatic rings. The van der Waals surface area contributed by atoms with E-state index in [2.05, 4.69) is 4.74 Å². The summed E-state index contributed by atoms with van der Waals surface area (Å²) in [5.41, 5.74) is 0.582. The van der Waals surface area contributed by atoms with Gasteiger partial charge in [-0.25, -0.2) is 0 Å². The van der Waals surface area contributed by atoms with Gasteiger partial charge in [-0.15, -0.1) is 11.6 Å². The highest BCUT2D eigenvalue weighted by molar-refractivity contribution is 6.39. The van der Waals surface area contributed by atoms with Crippen LogP contribution in [-0.4, -0.2) is 18.5 Å². The number of hydrogen-bond donors (Lipinski definition) is 0. The summed E-state index contributed by atoms with van der Waals surface area (Å²) in [6.45, 7) is 0. The largest absolute Gasteiger partial charge is 0.468 e. The topological polar surface area (TPSA) is 26.3 Å². The Labute approximate surface area is 113 Å². The minimum absolute atomic E-state index is 0.197. The lowest BCUT2D eigenvalue weighted by Gasteiger charge is -2.10. The number of benzene rings is 1. The van der Waals surface area contributed by atoms with Crippen molar-refractivity contribution in [1.82, 2.24) is 0 Å². The van der Waals surface area contributed by atoms with Crippen LogP contribution in [0, 0.1) is 0 Å². The van der Waals surface area contributed by atoms with Gasteiger partial charge in [0.15, 0.2) is 0 Å². The van der Waals surface area contributed by atoms with Crippen molar-refractivity contribution in [3.05, 3.63) is 32.8 Å². The standard InChI is InChI=1S/C10H8Cl4O2/c1-16-10(15)9(14)4-6-7(12)2-5(11)3-8(6)13/h2-3,9H,4H2,1H3. The van der Waals surface area contributed by atoms with Gasteiger partial charge in [0.25, 0.3) is 0 Å². The fourth-order valence-electron chi connectivity index (χ4n) is 1.16. The second kappa shape index (κ2) is 5.97. The van der Waals surface area contributed by atoms with Gasteiger partial charge in [0, 0.05) is 21.5 Å². The molecular weight excluding hydrogens is 294 g/mol. The lowest BCUT2D eigenvalue weighted by Crippen LogP contribution is -2.19. The van der Waals surface area contributed by atoms with Crippen LogP contribution in [-0.2, 0) is 16.0 Å². The summed E-state index contributed by atoms with van der Waals surface area (Å²) in [5.74, 6) is -0.524. The molecule has 1 aromatic carbocycles. The molecule has 2 nitrogen and oxygen atoms in total. The number of ether oxygens (including phenoxy) is 1. The van der Waals surface area contributed by atoms with E-state index in [9.17, 15) is 4.79 Å². The molecule has 1 aromatic rings. The number of esters is 1. The second-order valence-corrected chi connectivity index (χ2v) is 4.82. The van der Waals surface area contributed by atoms with Crippen molar-refractivity contribution < 1.29 is 9.53 Å². The van der Waals surface area contributed by atoms with Gasteiger partial charge in [-0.1, -0.05) is 34.8 Å². The molecule has 1 unspecified atom stereocenters. The fourth-order valence-corrected chi connectivity index (χ4v) is 2.37. The Morgan fingerprint density at radius 3 is 2.25 bits per heavy atom. The highest BCUT2D eigenvalue weighted by Gasteiger charge is 2.19. The van der Waals surface area contributed by atoms with Crippen LogP contribution in [0.25, 0.3) is 0 Å². The first kappa shape index (κ1) is 13.9. The van der Waals surface area contributed by atoms with Crippen LogP contribution in [0.2, 0.25) is 15.1 Å². The Morgan fingerprint density at radius 2 is 1.81 bits per heavy atom. The maximum atomic E-state index is 11.1. The van der Waals surface area contributed by atoms with E-state index in [0.29, 0.717) is 20.6 Å². The predicted octanol–water partition coefficient (Wildman–Crippen LogP) is 3.97. The highest BCUT2D eigenvalue weighted by atomic mass is 35.5. The van der Waals surface area contributed by atoms with Crippen molar-refractivity contribution in [2.45, 2.75) is 11.8 Å². The number of rotatable bonds is 3. The SMILES string of the molecule is COC(=O)C(Cl)Cc1c(Cl)cc(Cl)cc1Cl. The third-order valence-corrected chi connectivity index (χ3v) is 3.17. The van der Waals surface area contributed by atoms with Crippen LogP contribution >= 0.6 is 46.4 Å². The number of hydrogen-bond acceptors (Lipinski definition) is 2. The van der Waals surface area contributed by atoms with Crippen molar-refractivity contribution >= 4 is 52.4 Å². The predicted molar refractivity (Wildman–Crippen MR) is 66.8 cm³/mol. The molecule has 0 saturated heterocycles. The molecule has 0 bridgehead atoms. The van der Waals surface area contributed by atoms with Gasteiger partial charge in [0.2, 0.25) is 0 Å². The third kappa shape index (κ3) is 3.42. The molecule has 0 spiro atoms. The monoisotopic (exact) mass is 300 g/mol. The van der Waals surface area contributed by atoms with Crippen LogP contribution in [0.5, 0.6) is 0 Å². The molecule has 0 aliphatic heterocycles. The van der Waals surface area contributed by atoms with E-state index in [1.165, 1.54) is 7.11 Å². The van der Waals surface area contributed by atoms with Gasteiger partial charge in [-0.05, 0) is 17.7 Å². The Balaban J connectivity index is 2.93. The first-order valence-electron chi connectivity index (χ1n) is 4.31. The zero-order valence-corrected chi connectivity index (χ0v) is 11.3. The molecule has 0 amide bonds. The first-order valence-corrected chi connectivity index (χ1v) is 5.88. The summed E-state index contributed by atoms with van der Waals surface area (Å²) < 4.78 is 4.50. The van der Waals surface area contributed by atoms with E-state index >= 15 is 0 Å². The quantitative estimate of drug-likeness (QED) is 0.624. The smallest absolute Gasteiger partial charge is 0.324 e. The molecule has 0 N–H and O–H groups in total. The van der Waals surface area contributed by atoms with Crippen LogP contribution in [0.3, 0.4) is 0 Å². The zero-order valence-electron chi connectivity index (χ0n) is 8.27. The van der Waals surface area contributed by atoms with Crippen LogP contribution in [0.4, 0.5) is 0 Å². The van der Waals surface area contributed by atoms with Gasteiger partial charge in [-0.2, -0.15) is 0 Å². The van der Waals surface area contributed by atoms with Gasteiger partial charge in [-0.3, -0.25) is 4.79 Å². The van der Waals surface area contributed by atoms with Crippen LogP contribution in [0.1, 0.15) is 5.56 Å². The minimum atomic E-state index is -0.818. The van der Waals surface area contributed by atoms with Gasteiger partial charge >= 0.3 is 5.97 Å². The van der Waals surface area contributed by atoms with Crippen molar-refractivity contribution in [2.24, 2.45) is 0 Å². The number of halogens is 4. The average molecular weight is 302 g/mol. The van der Waals surface area contributed by atoms with Crippen LogP contribution in [0.15, 0.2) is 12.1 Å². The normalized spacial score (nSPS) is 12.3. The molecule has 88 valence electrons. The lowest BCUT2D eigenvalue weighted by atomic mass is 10.1. The minimum Gasteiger partial charge on any atom is -0.468 e. The van der Waals surface area contributed by atoms with Crippen molar-refractivity contribution in [2.75, 3.05) is 7.11 Å². The summed E-state index contributed by atoms with van der Waals surface area (Å²) in [5, 5.41) is 0.378. The Morgan fingerprint density at radius 1 is 1.31 bits per heavy atom. The fraction of sp³-hybridized carbons (Fsp3) is 0.300. The molecular formula is C10H8Cl4O2. The molecule has 0 aliphatic carbocycles. The molecule has 0 aromatic heterocycles. The summed E-state index contributed by atoms with van der Waals surface area (Å²) in [7, 11) is 1.27. The van der Waals surface area contributed by atoms with E-state index in [4.69, 9.17) is 46.4 Å². The van der Waals surface area contributed by atoms with Gasteiger partial charge in [0.1, 0.15) is 5.38 Å². The Hall–Kier alpha value is -0.150. The summed E-state index contributed by atoms with van der Waals surface area (Å²) in [6, 6.07) is 3.09. The zero-order chi connectivity index (χ0) is 12.3. The molecule has 1 atom stereocenters. The summed E-state index contributed by atoms with van der Waals surface area (Å²) in [4.78, 5) is 11.1. The van der Waals surface area contributed by atoms with E-state index < -0.39 is 11.3 Å². The lowest BCUT2D eigenvalue weighted by molar-refractivity contribution is -0.140. The molecule has 0 saturated carbocycles. The van der Waals surface area contributed by atoms with E-state index in [1.54, 1.807) is 12.1 Å². The Kier molecular flexibility index (Phi) is 5.19. The van der Waals surface area contributed by atoms with Crippen molar-refractivity contribution in [3.63, 3.8) is 0 Å². The van der Waals surface area contributed by atoms with Gasteiger partial charge in [0.05, 0.1) is 7.11 Å². The van der Waals surface area contributed by atoms with Crippen molar-refractivity contribution in [3.8, 4) is 0 Å². The molecule has 16 heavy (non-hydrogen) atoms. The maximum absolute atomic E-state index is 11.1. The van der Waals surface area contributed by atoms with Crippen LogP contribution < -0.4 is 0 Å². The highest BCUT2D eigenvalue weighted by Crippen LogP contribution is 2.30. The molecule has 0 fully saturated rings. The molecule has 6 heteroatoms. The molecule has 0 heterocycles. The second-order valence-electron chi connectivity index (χ2n) is 3.04. The number of methoxy groups -OCH3 is 1. The third-order valence-electron chi connectivity index (χ3n) is 1.95. The van der Waals surface area contributed by atoms with Crippen molar-refractivity contribution in [1.29, 1.82) is 0 Å². The molecule has 0 radical (unpaired) electrons. The molecule has 1 rings (SSSR count). The van der Waals surface area contributed by atoms with E-state index in [-0.39, 0.29) is 6.42 Å². The van der Waals surface area contributed by atoms with E-state index in [1.807, 2.05) is 0 Å². The first-order chi connectivity index (χ1) is 7.45. The summed E-state index contributed by atoms with van der Waals surface area (Å²) in [6.07, 6.45) is 0.197. The number of alkyl halides is 1. The number of carbonyl (C=O) groups excluding carboxylic acids is 1. The van der Waals surface area contributed by atoms with Gasteiger partial charge < -0.3 is 4.74 Å². The maximum Gasteiger partial charge on any atom is 0.324 e.